The van der Waals surface area contributed by atoms with E-state index in [2.05, 4.69) is 5.32 Å². The van der Waals surface area contributed by atoms with Gasteiger partial charge in [-0.3, -0.25) is 4.79 Å². The number of rotatable bonds is 2. The molecule has 1 N–H and O–H groups in total. The third-order valence-electron chi connectivity index (χ3n) is 3.38. The van der Waals surface area contributed by atoms with Gasteiger partial charge in [0.05, 0.1) is 5.56 Å². The number of amides is 1. The molecule has 6 heteroatoms. The molecule has 0 heterocycles. The lowest BCUT2D eigenvalue weighted by Crippen LogP contribution is -2.15. The highest BCUT2D eigenvalue weighted by Gasteiger charge is 2.34. The summed E-state index contributed by atoms with van der Waals surface area (Å²) < 4.78 is 51.2. The molecule has 2 rings (SSSR count). The van der Waals surface area contributed by atoms with Crippen molar-refractivity contribution in [3.8, 4) is 0 Å². The van der Waals surface area contributed by atoms with Gasteiger partial charge in [0.25, 0.3) is 5.91 Å². The van der Waals surface area contributed by atoms with Crippen LogP contribution in [0.4, 0.5) is 23.2 Å². The van der Waals surface area contributed by atoms with E-state index in [4.69, 9.17) is 0 Å². The Morgan fingerprint density at radius 3 is 2.41 bits per heavy atom. The molecule has 0 saturated heterocycles. The Balaban J connectivity index is 2.31. The van der Waals surface area contributed by atoms with Crippen LogP contribution in [0.5, 0.6) is 0 Å². The summed E-state index contributed by atoms with van der Waals surface area (Å²) in [5.74, 6) is -1.92. The number of carbonyl (C=O) groups excluding carboxylic acids is 1. The minimum absolute atomic E-state index is 0.111. The number of aryl methyl sites for hydroxylation is 1. The van der Waals surface area contributed by atoms with Crippen molar-refractivity contribution < 1.29 is 22.4 Å². The van der Waals surface area contributed by atoms with Crippen LogP contribution in [0.2, 0.25) is 0 Å². The van der Waals surface area contributed by atoms with E-state index in [1.165, 1.54) is 0 Å². The van der Waals surface area contributed by atoms with Gasteiger partial charge < -0.3 is 5.32 Å². The number of halogens is 4. The van der Waals surface area contributed by atoms with Crippen LogP contribution >= 0.6 is 0 Å². The summed E-state index contributed by atoms with van der Waals surface area (Å²) in [4.78, 5) is 12.1. The zero-order valence-corrected chi connectivity index (χ0v) is 11.9. The SMILES string of the molecule is Cc1cccc(C(=O)Nc2ccc(F)c(C(F)(F)F)c2)c1C. The van der Waals surface area contributed by atoms with Crippen LogP contribution in [0, 0.1) is 19.7 Å². The molecule has 0 spiro atoms. The van der Waals surface area contributed by atoms with Gasteiger partial charge in [0.1, 0.15) is 5.82 Å². The summed E-state index contributed by atoms with van der Waals surface area (Å²) in [6.07, 6.45) is -4.82. The Morgan fingerprint density at radius 2 is 1.77 bits per heavy atom. The van der Waals surface area contributed by atoms with Crippen LogP contribution in [-0.4, -0.2) is 5.91 Å². The van der Waals surface area contributed by atoms with E-state index in [0.29, 0.717) is 17.7 Å². The minimum Gasteiger partial charge on any atom is -0.322 e. The molecular weight excluding hydrogens is 298 g/mol. The van der Waals surface area contributed by atoms with Gasteiger partial charge in [-0.25, -0.2) is 4.39 Å². The summed E-state index contributed by atoms with van der Waals surface area (Å²) in [5.41, 5.74) is 0.463. The van der Waals surface area contributed by atoms with Crippen molar-refractivity contribution >= 4 is 11.6 Å². The summed E-state index contributed by atoms with van der Waals surface area (Å²) >= 11 is 0. The van der Waals surface area contributed by atoms with Crippen LogP contribution in [0.1, 0.15) is 27.0 Å². The van der Waals surface area contributed by atoms with Crippen LogP contribution in [0.15, 0.2) is 36.4 Å². The topological polar surface area (TPSA) is 29.1 Å². The van der Waals surface area contributed by atoms with Gasteiger partial charge in [-0.05, 0) is 49.2 Å². The van der Waals surface area contributed by atoms with Crippen LogP contribution in [0.25, 0.3) is 0 Å². The Morgan fingerprint density at radius 1 is 1.09 bits per heavy atom. The van der Waals surface area contributed by atoms with E-state index in [-0.39, 0.29) is 5.69 Å². The lowest BCUT2D eigenvalue weighted by atomic mass is 10.0. The molecule has 0 aliphatic carbocycles. The lowest BCUT2D eigenvalue weighted by Gasteiger charge is -2.12. The first-order valence-electron chi connectivity index (χ1n) is 6.44. The molecular formula is C16H13F4NO. The van der Waals surface area contributed by atoms with E-state index < -0.39 is 23.5 Å². The normalized spacial score (nSPS) is 11.4. The van der Waals surface area contributed by atoms with Crippen molar-refractivity contribution in [2.75, 3.05) is 5.32 Å². The van der Waals surface area contributed by atoms with Crippen LogP contribution in [-0.2, 0) is 6.18 Å². The molecule has 2 aromatic rings. The maximum atomic E-state index is 13.2. The first kappa shape index (κ1) is 16.0. The number of hydrogen-bond donors (Lipinski definition) is 1. The van der Waals surface area contributed by atoms with Gasteiger partial charge in [0.15, 0.2) is 0 Å². The smallest absolute Gasteiger partial charge is 0.322 e. The molecule has 0 aliphatic heterocycles. The maximum Gasteiger partial charge on any atom is 0.419 e. The summed E-state index contributed by atoms with van der Waals surface area (Å²) in [7, 11) is 0. The average Bonchev–Trinajstić information content (AvgIpc) is 2.42. The zero-order valence-electron chi connectivity index (χ0n) is 11.9. The highest BCUT2D eigenvalue weighted by molar-refractivity contribution is 6.05. The third-order valence-corrected chi connectivity index (χ3v) is 3.38. The van der Waals surface area contributed by atoms with Gasteiger partial charge in [0, 0.05) is 11.3 Å². The van der Waals surface area contributed by atoms with Gasteiger partial charge in [0.2, 0.25) is 0 Å². The molecule has 0 bridgehead atoms. The molecule has 22 heavy (non-hydrogen) atoms. The molecule has 0 fully saturated rings. The van der Waals surface area contributed by atoms with Crippen molar-refractivity contribution in [1.82, 2.24) is 0 Å². The molecule has 116 valence electrons. The largest absolute Gasteiger partial charge is 0.419 e. The van der Waals surface area contributed by atoms with E-state index >= 15 is 0 Å². The molecule has 0 atom stereocenters. The first-order chi connectivity index (χ1) is 10.2. The third kappa shape index (κ3) is 3.27. The first-order valence-corrected chi connectivity index (χ1v) is 6.44. The number of nitrogens with one attached hydrogen (secondary N) is 1. The highest BCUT2D eigenvalue weighted by atomic mass is 19.4. The van der Waals surface area contributed by atoms with Gasteiger partial charge in [-0.2, -0.15) is 13.2 Å². The maximum absolute atomic E-state index is 13.2. The second-order valence-corrected chi connectivity index (χ2v) is 4.89. The number of alkyl halides is 3. The van der Waals surface area contributed by atoms with Crippen molar-refractivity contribution in [3.05, 3.63) is 64.5 Å². The highest BCUT2D eigenvalue weighted by Crippen LogP contribution is 2.33. The summed E-state index contributed by atoms with van der Waals surface area (Å²) in [6.45, 7) is 3.57. The lowest BCUT2D eigenvalue weighted by molar-refractivity contribution is -0.139. The number of carbonyl (C=O) groups is 1. The molecule has 2 aromatic carbocycles. The second-order valence-electron chi connectivity index (χ2n) is 4.89. The van der Waals surface area contributed by atoms with Gasteiger partial charge in [-0.1, -0.05) is 12.1 Å². The molecule has 0 radical (unpaired) electrons. The van der Waals surface area contributed by atoms with Crippen molar-refractivity contribution in [3.63, 3.8) is 0 Å². The van der Waals surface area contributed by atoms with Crippen molar-refractivity contribution in [2.24, 2.45) is 0 Å². The number of hydrogen-bond acceptors (Lipinski definition) is 1. The Hall–Kier alpha value is -2.37. The fourth-order valence-corrected chi connectivity index (χ4v) is 2.02. The Labute approximate surface area is 124 Å². The van der Waals surface area contributed by atoms with Crippen LogP contribution in [0.3, 0.4) is 0 Å². The van der Waals surface area contributed by atoms with Crippen LogP contribution < -0.4 is 5.32 Å². The van der Waals surface area contributed by atoms with Crippen molar-refractivity contribution in [1.29, 1.82) is 0 Å². The molecule has 0 unspecified atom stereocenters. The molecule has 0 saturated carbocycles. The quantitative estimate of drug-likeness (QED) is 0.799. The van der Waals surface area contributed by atoms with E-state index in [1.54, 1.807) is 19.1 Å². The fraction of sp³-hybridized carbons (Fsp3) is 0.188. The predicted molar refractivity (Wildman–Crippen MR) is 75.3 cm³/mol. The predicted octanol–water partition coefficient (Wildman–Crippen LogP) is 4.71. The monoisotopic (exact) mass is 311 g/mol. The van der Waals surface area contributed by atoms with Gasteiger partial charge >= 0.3 is 6.18 Å². The van der Waals surface area contributed by atoms with E-state index in [0.717, 1.165) is 17.2 Å². The average molecular weight is 311 g/mol. The summed E-state index contributed by atoms with van der Waals surface area (Å²) in [6, 6.07) is 7.44. The van der Waals surface area contributed by atoms with E-state index in [1.807, 2.05) is 13.0 Å². The molecule has 0 aromatic heterocycles. The fourth-order valence-electron chi connectivity index (χ4n) is 2.02. The van der Waals surface area contributed by atoms with Crippen molar-refractivity contribution in [2.45, 2.75) is 20.0 Å². The molecule has 1 amide bonds. The zero-order chi connectivity index (χ0) is 16.5. The number of benzene rings is 2. The molecule has 2 nitrogen and oxygen atoms in total. The molecule has 0 aliphatic rings. The second kappa shape index (κ2) is 5.79. The minimum atomic E-state index is -4.82. The standard InChI is InChI=1S/C16H13F4NO/c1-9-4-3-5-12(10(9)2)15(22)21-11-6-7-14(17)13(8-11)16(18,19)20/h3-8H,1-2H3,(H,21,22). The Kier molecular flexibility index (Phi) is 4.21. The Bertz CT molecular complexity index is 723. The van der Waals surface area contributed by atoms with E-state index in [9.17, 15) is 22.4 Å². The number of anilines is 1. The summed E-state index contributed by atoms with van der Waals surface area (Å²) in [5, 5.41) is 2.36. The van der Waals surface area contributed by atoms with Gasteiger partial charge in [-0.15, -0.1) is 0 Å².